The number of rotatable bonds is 4. The van der Waals surface area contributed by atoms with Gasteiger partial charge < -0.3 is 5.11 Å². The quantitative estimate of drug-likeness (QED) is 0.855. The van der Waals surface area contributed by atoms with Crippen molar-refractivity contribution in [2.75, 3.05) is 6.54 Å². The first kappa shape index (κ1) is 14.8. The minimum absolute atomic E-state index is 0.0366. The van der Waals surface area contributed by atoms with Gasteiger partial charge in [0.25, 0.3) is 11.8 Å². The number of carbonyl (C=O) groups is 3. The molecule has 23 heavy (non-hydrogen) atoms. The van der Waals surface area contributed by atoms with Gasteiger partial charge in [-0.05, 0) is 19.1 Å². The van der Waals surface area contributed by atoms with Crippen LogP contribution in [0.2, 0.25) is 0 Å². The van der Waals surface area contributed by atoms with Crippen LogP contribution in [0.1, 0.15) is 42.6 Å². The lowest BCUT2D eigenvalue weighted by Crippen LogP contribution is -2.32. The summed E-state index contributed by atoms with van der Waals surface area (Å²) in [5.74, 6) is -1.35. The molecule has 2 heterocycles. The van der Waals surface area contributed by atoms with Crippen molar-refractivity contribution in [3.8, 4) is 0 Å². The fraction of sp³-hybridized carbons (Fsp3) is 0.188. The van der Waals surface area contributed by atoms with Crippen LogP contribution in [-0.4, -0.2) is 44.3 Å². The molecule has 1 aliphatic heterocycles. The second-order valence-electron chi connectivity index (χ2n) is 5.15. The largest absolute Gasteiger partial charge is 0.478 e. The highest BCUT2D eigenvalue weighted by Crippen LogP contribution is 2.22. The SMILES string of the molecule is Cc1nc(CCN2C(=O)c3ccccc3C2=O)ncc1C(=O)O. The number of benzene rings is 1. The van der Waals surface area contributed by atoms with Crippen LogP contribution < -0.4 is 0 Å². The number of nitrogens with zero attached hydrogens (tertiary/aromatic N) is 3. The van der Waals surface area contributed by atoms with Gasteiger partial charge in [-0.25, -0.2) is 14.8 Å². The van der Waals surface area contributed by atoms with Crippen LogP contribution in [0.5, 0.6) is 0 Å². The predicted octanol–water partition coefficient (Wildman–Crippen LogP) is 1.32. The molecule has 0 saturated heterocycles. The Bertz CT molecular complexity index is 797. The Balaban J connectivity index is 1.75. The normalized spacial score (nSPS) is 13.3. The van der Waals surface area contributed by atoms with E-state index < -0.39 is 5.97 Å². The molecular weight excluding hydrogens is 298 g/mol. The van der Waals surface area contributed by atoms with E-state index in [0.717, 1.165) is 4.90 Å². The van der Waals surface area contributed by atoms with Crippen LogP contribution in [0.3, 0.4) is 0 Å². The van der Waals surface area contributed by atoms with Crippen LogP contribution in [0.25, 0.3) is 0 Å². The molecule has 3 rings (SSSR count). The number of hydrogen-bond acceptors (Lipinski definition) is 5. The monoisotopic (exact) mass is 311 g/mol. The highest BCUT2D eigenvalue weighted by molar-refractivity contribution is 6.21. The highest BCUT2D eigenvalue weighted by atomic mass is 16.4. The predicted molar refractivity (Wildman–Crippen MR) is 79.2 cm³/mol. The summed E-state index contributed by atoms with van der Waals surface area (Å²) in [6.07, 6.45) is 1.51. The van der Waals surface area contributed by atoms with Gasteiger partial charge in [-0.15, -0.1) is 0 Å². The third-order valence-electron chi connectivity index (χ3n) is 3.70. The van der Waals surface area contributed by atoms with Gasteiger partial charge in [0.1, 0.15) is 5.82 Å². The number of amides is 2. The molecule has 7 nitrogen and oxygen atoms in total. The molecule has 1 aliphatic rings. The zero-order valence-electron chi connectivity index (χ0n) is 12.3. The van der Waals surface area contributed by atoms with E-state index in [2.05, 4.69) is 9.97 Å². The Kier molecular flexibility index (Phi) is 3.61. The summed E-state index contributed by atoms with van der Waals surface area (Å²) in [4.78, 5) is 44.6. The van der Waals surface area contributed by atoms with Crippen LogP contribution >= 0.6 is 0 Å². The number of aryl methyl sites for hydroxylation is 1. The Morgan fingerprint density at radius 3 is 2.30 bits per heavy atom. The fourth-order valence-electron chi connectivity index (χ4n) is 2.50. The number of carbonyl (C=O) groups excluding carboxylic acids is 2. The zero-order valence-corrected chi connectivity index (χ0v) is 12.3. The van der Waals surface area contributed by atoms with Crippen LogP contribution in [0, 0.1) is 6.92 Å². The highest BCUT2D eigenvalue weighted by Gasteiger charge is 2.34. The third kappa shape index (κ3) is 2.57. The molecule has 0 atom stereocenters. The zero-order chi connectivity index (χ0) is 16.6. The van der Waals surface area contributed by atoms with Gasteiger partial charge in [0.2, 0.25) is 0 Å². The van der Waals surface area contributed by atoms with E-state index in [-0.39, 0.29) is 30.3 Å². The number of aromatic nitrogens is 2. The number of aromatic carboxylic acids is 1. The standard InChI is InChI=1S/C16H13N3O4/c1-9-12(16(22)23)8-17-13(18-9)6-7-19-14(20)10-4-2-3-5-11(10)15(19)21/h2-5,8H,6-7H2,1H3,(H,22,23). The molecule has 7 heteroatoms. The van der Waals surface area contributed by atoms with Crippen LogP contribution in [0.15, 0.2) is 30.5 Å². The molecule has 2 amide bonds. The molecule has 0 radical (unpaired) electrons. The molecule has 116 valence electrons. The lowest BCUT2D eigenvalue weighted by atomic mass is 10.1. The van der Waals surface area contributed by atoms with E-state index in [1.165, 1.54) is 6.20 Å². The Hall–Kier alpha value is -3.09. The van der Waals surface area contributed by atoms with E-state index in [9.17, 15) is 14.4 Å². The summed E-state index contributed by atoms with van der Waals surface area (Å²) in [5, 5.41) is 8.95. The first-order valence-electron chi connectivity index (χ1n) is 7.00. The van der Waals surface area contributed by atoms with Gasteiger partial charge in [0, 0.05) is 19.2 Å². The number of hydrogen-bond donors (Lipinski definition) is 1. The smallest absolute Gasteiger partial charge is 0.339 e. The van der Waals surface area contributed by atoms with Crippen molar-refractivity contribution in [2.24, 2.45) is 0 Å². The van der Waals surface area contributed by atoms with E-state index in [0.29, 0.717) is 22.6 Å². The third-order valence-corrected chi connectivity index (χ3v) is 3.70. The van der Waals surface area contributed by atoms with Crippen molar-refractivity contribution in [3.05, 3.63) is 58.7 Å². The van der Waals surface area contributed by atoms with Crippen molar-refractivity contribution < 1.29 is 19.5 Å². The minimum atomic E-state index is -1.09. The molecule has 1 N–H and O–H groups in total. The molecule has 0 saturated carbocycles. The van der Waals surface area contributed by atoms with E-state index in [1.54, 1.807) is 31.2 Å². The molecule has 0 spiro atoms. The molecule has 1 aromatic carbocycles. The van der Waals surface area contributed by atoms with Crippen molar-refractivity contribution in [1.82, 2.24) is 14.9 Å². The second-order valence-corrected chi connectivity index (χ2v) is 5.15. The molecule has 0 unspecified atom stereocenters. The maximum atomic E-state index is 12.2. The minimum Gasteiger partial charge on any atom is -0.478 e. The number of carboxylic acid groups (broad SMARTS) is 1. The Morgan fingerprint density at radius 1 is 1.17 bits per heavy atom. The van der Waals surface area contributed by atoms with Crippen molar-refractivity contribution in [1.29, 1.82) is 0 Å². The lowest BCUT2D eigenvalue weighted by Gasteiger charge is -2.13. The maximum absolute atomic E-state index is 12.2. The van der Waals surface area contributed by atoms with Gasteiger partial charge in [-0.1, -0.05) is 12.1 Å². The molecular formula is C16H13N3O4. The Labute approximate surface area is 131 Å². The summed E-state index contributed by atoms with van der Waals surface area (Å²) >= 11 is 0. The number of carboxylic acids is 1. The first-order chi connectivity index (χ1) is 11.0. The van der Waals surface area contributed by atoms with Crippen LogP contribution in [-0.2, 0) is 6.42 Å². The van der Waals surface area contributed by atoms with Gasteiger partial charge in [0.15, 0.2) is 0 Å². The topological polar surface area (TPSA) is 100 Å². The number of imide groups is 1. The van der Waals surface area contributed by atoms with Crippen molar-refractivity contribution in [2.45, 2.75) is 13.3 Å². The number of fused-ring (bicyclic) bond motifs is 1. The Morgan fingerprint density at radius 2 is 1.78 bits per heavy atom. The van der Waals surface area contributed by atoms with Crippen LogP contribution in [0.4, 0.5) is 0 Å². The summed E-state index contributed by atoms with van der Waals surface area (Å²) in [6, 6.07) is 6.67. The van der Waals surface area contributed by atoms with E-state index in [4.69, 9.17) is 5.11 Å². The second kappa shape index (κ2) is 5.60. The first-order valence-corrected chi connectivity index (χ1v) is 7.00. The summed E-state index contributed by atoms with van der Waals surface area (Å²) in [5.41, 5.74) is 1.19. The summed E-state index contributed by atoms with van der Waals surface area (Å²) in [7, 11) is 0. The van der Waals surface area contributed by atoms with Gasteiger partial charge >= 0.3 is 5.97 Å². The molecule has 2 aromatic rings. The average Bonchev–Trinajstić information content (AvgIpc) is 2.77. The van der Waals surface area contributed by atoms with E-state index in [1.807, 2.05) is 0 Å². The fourth-order valence-corrected chi connectivity index (χ4v) is 2.50. The molecule has 0 bridgehead atoms. The molecule has 1 aromatic heterocycles. The summed E-state index contributed by atoms with van der Waals surface area (Å²) < 4.78 is 0. The van der Waals surface area contributed by atoms with Gasteiger partial charge in [-0.2, -0.15) is 0 Å². The summed E-state index contributed by atoms with van der Waals surface area (Å²) in [6.45, 7) is 1.73. The van der Waals surface area contributed by atoms with Gasteiger partial charge in [0.05, 0.1) is 22.4 Å². The maximum Gasteiger partial charge on any atom is 0.339 e. The molecule has 0 fully saturated rings. The van der Waals surface area contributed by atoms with E-state index >= 15 is 0 Å². The van der Waals surface area contributed by atoms with Crippen molar-refractivity contribution in [3.63, 3.8) is 0 Å². The van der Waals surface area contributed by atoms with Gasteiger partial charge in [-0.3, -0.25) is 14.5 Å². The van der Waals surface area contributed by atoms with Crippen molar-refractivity contribution >= 4 is 17.8 Å². The molecule has 0 aliphatic carbocycles. The average molecular weight is 311 g/mol. The lowest BCUT2D eigenvalue weighted by molar-refractivity contribution is 0.0652.